The highest BCUT2D eigenvalue weighted by Gasteiger charge is 2.13. The van der Waals surface area contributed by atoms with Crippen LogP contribution >= 0.6 is 15.9 Å². The van der Waals surface area contributed by atoms with Crippen molar-refractivity contribution in [2.24, 2.45) is 0 Å². The number of unbranched alkanes of at least 4 members (excludes halogenated alkanes) is 1. The van der Waals surface area contributed by atoms with Gasteiger partial charge in [0, 0.05) is 17.6 Å². The van der Waals surface area contributed by atoms with Crippen LogP contribution in [0.3, 0.4) is 0 Å². The summed E-state index contributed by atoms with van der Waals surface area (Å²) in [5.74, 6) is -0.998. The van der Waals surface area contributed by atoms with Crippen molar-refractivity contribution in [2.45, 2.75) is 26.7 Å². The quantitative estimate of drug-likeness (QED) is 0.825. The van der Waals surface area contributed by atoms with Crippen LogP contribution in [0, 0.1) is 0 Å². The summed E-state index contributed by atoms with van der Waals surface area (Å²) in [5, 5.41) is 11.7. The molecule has 1 aromatic carbocycles. The van der Waals surface area contributed by atoms with Gasteiger partial charge in [-0.15, -0.1) is 0 Å². The van der Waals surface area contributed by atoms with Crippen LogP contribution in [0.5, 0.6) is 0 Å². The number of hydrogen-bond acceptors (Lipinski definition) is 2. The van der Waals surface area contributed by atoms with Crippen LogP contribution in [0.25, 0.3) is 0 Å². The maximum atomic E-state index is 12.1. The summed E-state index contributed by atoms with van der Waals surface area (Å²) in [6.45, 7) is 5.35. The molecule has 5 nitrogen and oxygen atoms in total. The maximum Gasteiger partial charge on any atom is 0.335 e. The first-order valence-electron chi connectivity index (χ1n) is 6.58. The number of nitrogens with zero attached hydrogens (tertiary/aromatic N) is 1. The molecule has 0 bridgehead atoms. The molecule has 1 rings (SSSR count). The summed E-state index contributed by atoms with van der Waals surface area (Å²) in [6.07, 6.45) is 1.99. The Labute approximate surface area is 127 Å². The molecule has 0 aliphatic carbocycles. The second-order valence-electron chi connectivity index (χ2n) is 4.36. The number of carboxylic acids is 1. The number of aromatic carboxylic acids is 1. The van der Waals surface area contributed by atoms with E-state index in [1.165, 1.54) is 12.1 Å². The Bertz CT molecular complexity index is 491. The lowest BCUT2D eigenvalue weighted by molar-refractivity contribution is 0.0697. The highest BCUT2D eigenvalue weighted by Crippen LogP contribution is 2.24. The van der Waals surface area contributed by atoms with Gasteiger partial charge >= 0.3 is 12.0 Å². The molecule has 0 fully saturated rings. The molecule has 0 unspecified atom stereocenters. The molecule has 0 spiro atoms. The van der Waals surface area contributed by atoms with Gasteiger partial charge in [0.1, 0.15) is 0 Å². The molecule has 2 N–H and O–H groups in total. The molecule has 0 heterocycles. The molecule has 6 heteroatoms. The Morgan fingerprint density at radius 1 is 1.35 bits per heavy atom. The Hall–Kier alpha value is -1.56. The summed E-state index contributed by atoms with van der Waals surface area (Å²) < 4.78 is 0.553. The molecular weight excluding hydrogens is 324 g/mol. The van der Waals surface area contributed by atoms with Gasteiger partial charge in [-0.1, -0.05) is 13.3 Å². The number of anilines is 1. The summed E-state index contributed by atoms with van der Waals surface area (Å²) in [5.41, 5.74) is 0.739. The third kappa shape index (κ3) is 4.52. The highest BCUT2D eigenvalue weighted by molar-refractivity contribution is 9.10. The fourth-order valence-electron chi connectivity index (χ4n) is 1.70. The van der Waals surface area contributed by atoms with E-state index in [1.807, 2.05) is 6.92 Å². The maximum absolute atomic E-state index is 12.1. The van der Waals surface area contributed by atoms with Gasteiger partial charge in [-0.25, -0.2) is 9.59 Å². The minimum absolute atomic E-state index is 0.174. The molecule has 0 radical (unpaired) electrons. The molecule has 0 atom stereocenters. The molecule has 2 amide bonds. The van der Waals surface area contributed by atoms with Crippen molar-refractivity contribution < 1.29 is 14.7 Å². The van der Waals surface area contributed by atoms with E-state index in [0.717, 1.165) is 12.8 Å². The molecule has 0 saturated carbocycles. The zero-order valence-corrected chi connectivity index (χ0v) is 13.2. The Balaban J connectivity index is 2.76. The number of urea groups is 1. The predicted octanol–water partition coefficient (Wildman–Crippen LogP) is 3.80. The van der Waals surface area contributed by atoms with Gasteiger partial charge in [-0.3, -0.25) is 0 Å². The van der Waals surface area contributed by atoms with Gasteiger partial charge < -0.3 is 15.3 Å². The zero-order chi connectivity index (χ0) is 15.1. The number of hydrogen-bond donors (Lipinski definition) is 2. The Morgan fingerprint density at radius 3 is 2.55 bits per heavy atom. The van der Waals surface area contributed by atoms with Crippen molar-refractivity contribution in [3.8, 4) is 0 Å². The Kier molecular flexibility index (Phi) is 6.51. The van der Waals surface area contributed by atoms with Crippen molar-refractivity contribution >= 4 is 33.6 Å². The van der Waals surface area contributed by atoms with Crippen molar-refractivity contribution in [2.75, 3.05) is 18.4 Å². The van der Waals surface area contributed by atoms with Crippen LogP contribution in [-0.4, -0.2) is 35.1 Å². The number of carbonyl (C=O) groups excluding carboxylic acids is 1. The van der Waals surface area contributed by atoms with Crippen LogP contribution in [0.15, 0.2) is 22.7 Å². The van der Waals surface area contributed by atoms with Crippen LogP contribution in [0.1, 0.15) is 37.0 Å². The minimum atomic E-state index is -0.998. The van der Waals surface area contributed by atoms with Crippen LogP contribution in [0.2, 0.25) is 0 Å². The lowest BCUT2D eigenvalue weighted by Crippen LogP contribution is -2.35. The smallest absolute Gasteiger partial charge is 0.335 e. The average Bonchev–Trinajstić information content (AvgIpc) is 2.41. The molecule has 0 saturated heterocycles. The van der Waals surface area contributed by atoms with Crippen LogP contribution < -0.4 is 5.32 Å². The van der Waals surface area contributed by atoms with E-state index in [1.54, 1.807) is 11.0 Å². The third-order valence-electron chi connectivity index (χ3n) is 2.91. The van der Waals surface area contributed by atoms with Gasteiger partial charge in [-0.05, 0) is 47.5 Å². The second-order valence-corrected chi connectivity index (χ2v) is 5.22. The Morgan fingerprint density at radius 2 is 2.05 bits per heavy atom. The molecular formula is C14H19BrN2O3. The number of carboxylic acid groups (broad SMARTS) is 1. The molecule has 0 aliphatic rings. The molecule has 20 heavy (non-hydrogen) atoms. The lowest BCUT2D eigenvalue weighted by atomic mass is 10.2. The lowest BCUT2D eigenvalue weighted by Gasteiger charge is -2.21. The van der Waals surface area contributed by atoms with E-state index in [2.05, 4.69) is 28.2 Å². The monoisotopic (exact) mass is 342 g/mol. The number of nitrogens with one attached hydrogen (secondary N) is 1. The average molecular weight is 343 g/mol. The van der Waals surface area contributed by atoms with Crippen molar-refractivity contribution in [1.82, 2.24) is 4.90 Å². The molecule has 0 aromatic heterocycles. The normalized spacial score (nSPS) is 10.2. The molecule has 110 valence electrons. The van der Waals surface area contributed by atoms with Gasteiger partial charge in [0.15, 0.2) is 0 Å². The number of rotatable bonds is 6. The van der Waals surface area contributed by atoms with Gasteiger partial charge in [0.2, 0.25) is 0 Å². The van der Waals surface area contributed by atoms with Crippen molar-refractivity contribution in [3.05, 3.63) is 28.2 Å². The first-order chi connectivity index (χ1) is 9.49. The standard InChI is InChI=1S/C14H19BrN2O3/c1-3-5-8-17(4-2)14(20)16-12-7-6-10(13(18)19)9-11(12)15/h6-7,9H,3-5,8H2,1-2H3,(H,16,20)(H,18,19). The predicted molar refractivity (Wildman–Crippen MR) is 82.3 cm³/mol. The number of amides is 2. The van der Waals surface area contributed by atoms with E-state index in [9.17, 15) is 9.59 Å². The first-order valence-corrected chi connectivity index (χ1v) is 7.37. The SMILES string of the molecule is CCCCN(CC)C(=O)Nc1ccc(C(=O)O)cc1Br. The summed E-state index contributed by atoms with van der Waals surface area (Å²) >= 11 is 3.27. The van der Waals surface area contributed by atoms with Crippen molar-refractivity contribution in [3.63, 3.8) is 0 Å². The van der Waals surface area contributed by atoms with E-state index in [0.29, 0.717) is 23.2 Å². The minimum Gasteiger partial charge on any atom is -0.478 e. The summed E-state index contributed by atoms with van der Waals surface area (Å²) in [4.78, 5) is 24.7. The van der Waals surface area contributed by atoms with Gasteiger partial charge in [0.05, 0.1) is 11.3 Å². The van der Waals surface area contributed by atoms with Gasteiger partial charge in [-0.2, -0.15) is 0 Å². The number of halogens is 1. The van der Waals surface area contributed by atoms with E-state index in [-0.39, 0.29) is 11.6 Å². The number of benzene rings is 1. The number of carbonyl (C=O) groups is 2. The zero-order valence-electron chi connectivity index (χ0n) is 11.6. The largest absolute Gasteiger partial charge is 0.478 e. The van der Waals surface area contributed by atoms with Crippen LogP contribution in [-0.2, 0) is 0 Å². The first kappa shape index (κ1) is 16.5. The molecule has 1 aromatic rings. The summed E-state index contributed by atoms with van der Waals surface area (Å²) in [6, 6.07) is 4.34. The van der Waals surface area contributed by atoms with E-state index in [4.69, 9.17) is 5.11 Å². The fourth-order valence-corrected chi connectivity index (χ4v) is 2.17. The fraction of sp³-hybridized carbons (Fsp3) is 0.429. The second kappa shape index (κ2) is 7.89. The summed E-state index contributed by atoms with van der Waals surface area (Å²) in [7, 11) is 0. The van der Waals surface area contributed by atoms with E-state index >= 15 is 0 Å². The van der Waals surface area contributed by atoms with Crippen LogP contribution in [0.4, 0.5) is 10.5 Å². The molecule has 0 aliphatic heterocycles. The topological polar surface area (TPSA) is 69.6 Å². The van der Waals surface area contributed by atoms with Crippen molar-refractivity contribution in [1.29, 1.82) is 0 Å². The van der Waals surface area contributed by atoms with Gasteiger partial charge in [0.25, 0.3) is 0 Å². The van der Waals surface area contributed by atoms with E-state index < -0.39 is 5.97 Å². The highest BCUT2D eigenvalue weighted by atomic mass is 79.9. The third-order valence-corrected chi connectivity index (χ3v) is 3.56.